The molecule has 4 unspecified atom stereocenters. The molecule has 1 saturated heterocycles. The number of hydrogen-bond donors (Lipinski definition) is 9. The Hall–Kier alpha value is -1.19. The molecule has 6 aliphatic rings. The van der Waals surface area contributed by atoms with Crippen molar-refractivity contribution in [2.24, 2.45) is 45.3 Å². The molecular weight excluding hydrogens is 612 g/mol. The highest BCUT2D eigenvalue weighted by Gasteiger charge is 2.73. The maximum absolute atomic E-state index is 14.4. The second kappa shape index (κ2) is 11.4. The number of aliphatic hydroxyl groups excluding tert-OH is 7. The molecule has 0 aromatic carbocycles. The van der Waals surface area contributed by atoms with Crippen LogP contribution in [-0.2, 0) is 14.3 Å². The van der Waals surface area contributed by atoms with E-state index in [0.29, 0.717) is 44.9 Å². The van der Waals surface area contributed by atoms with Gasteiger partial charge in [0.25, 0.3) is 0 Å². The summed E-state index contributed by atoms with van der Waals surface area (Å²) in [6.45, 7) is 8.93. The standard InChI is InChI=1S/C35H56O12/c1-17-8-11-34(29(43)47-28-25(41)24(40)23(39)20(15-36)46-28)13-12-31(3)18(26(34)33(17,5)44)6-7-21-30(2)14-19(38)27(42)35(45,16-37)22(30)9-10-32(21,31)4/h6,17,19-28,36-42,44-45H,7-16H2,1-5H3/t17-,19-,20-,21?,22?,23-,24+,25-,26?,27+,28+,30-,31-,32-,33-,34?,35-/m1/s1. The fraction of sp³-hybridized carbons (Fsp3) is 0.914. The number of hydrogen-bond acceptors (Lipinski definition) is 12. The van der Waals surface area contributed by atoms with Crippen LogP contribution in [0.25, 0.3) is 0 Å². The zero-order valence-electron chi connectivity index (χ0n) is 28.2. The molecule has 0 radical (unpaired) electrons. The van der Waals surface area contributed by atoms with Gasteiger partial charge in [-0.3, -0.25) is 4.79 Å². The van der Waals surface area contributed by atoms with Gasteiger partial charge in [0.05, 0.1) is 30.3 Å². The van der Waals surface area contributed by atoms with Gasteiger partial charge in [0.2, 0.25) is 6.29 Å². The number of fused-ring (bicyclic) bond motifs is 7. The highest BCUT2D eigenvalue weighted by atomic mass is 16.7. The lowest BCUT2D eigenvalue weighted by atomic mass is 9.33. The van der Waals surface area contributed by atoms with Crippen LogP contribution in [0.1, 0.15) is 86.0 Å². The first kappa shape index (κ1) is 35.6. The van der Waals surface area contributed by atoms with Gasteiger partial charge in [-0.25, -0.2) is 0 Å². The second-order valence-electron chi connectivity index (χ2n) is 17.0. The summed E-state index contributed by atoms with van der Waals surface area (Å²) < 4.78 is 11.4. The minimum atomic E-state index is -1.84. The first-order valence-electron chi connectivity index (χ1n) is 17.4. The van der Waals surface area contributed by atoms with Crippen molar-refractivity contribution < 1.29 is 60.2 Å². The summed E-state index contributed by atoms with van der Waals surface area (Å²) in [6, 6.07) is 0. The van der Waals surface area contributed by atoms with Crippen molar-refractivity contribution in [2.45, 2.75) is 140 Å². The highest BCUT2D eigenvalue weighted by Crippen LogP contribution is 2.75. The molecule has 4 saturated carbocycles. The molecule has 6 rings (SSSR count). The first-order chi connectivity index (χ1) is 21.8. The van der Waals surface area contributed by atoms with Crippen LogP contribution >= 0.6 is 0 Å². The Labute approximate surface area is 276 Å². The van der Waals surface area contributed by atoms with Gasteiger partial charge >= 0.3 is 5.97 Å². The van der Waals surface area contributed by atoms with Crippen LogP contribution < -0.4 is 0 Å². The Morgan fingerprint density at radius 2 is 1.60 bits per heavy atom. The minimum Gasteiger partial charge on any atom is -0.432 e. The van der Waals surface area contributed by atoms with Gasteiger partial charge in [-0.05, 0) is 92.3 Å². The van der Waals surface area contributed by atoms with Crippen LogP contribution in [-0.4, -0.2) is 119 Å². The Morgan fingerprint density at radius 1 is 0.915 bits per heavy atom. The minimum absolute atomic E-state index is 0.0396. The SMILES string of the molecule is C[C@@H]1CCC2(C(=O)O[C@@H]3O[C@H](CO)[C@@H](O)[C@H](O)[C@H]3O)CC[C@]3(C)C(=CCC4[C@@]5(C)C[C@@H](O)[C@H](O)[C@@](O)(CO)C5CC[C@]43C)C2[C@]1(C)O. The van der Waals surface area contributed by atoms with Gasteiger partial charge in [-0.15, -0.1) is 0 Å². The normalized spacial score (nSPS) is 57.5. The van der Waals surface area contributed by atoms with Crippen molar-refractivity contribution in [1.29, 1.82) is 0 Å². The van der Waals surface area contributed by atoms with Crippen LogP contribution in [0.3, 0.4) is 0 Å². The number of allylic oxidation sites excluding steroid dienone is 1. The molecule has 0 amide bonds. The maximum Gasteiger partial charge on any atom is 0.315 e. The molecule has 1 aliphatic heterocycles. The van der Waals surface area contributed by atoms with E-state index in [9.17, 15) is 50.8 Å². The molecule has 17 atom stereocenters. The summed E-state index contributed by atoms with van der Waals surface area (Å²) in [7, 11) is 0. The summed E-state index contributed by atoms with van der Waals surface area (Å²) in [5.41, 5.74) is -4.85. The van der Waals surface area contributed by atoms with Crippen molar-refractivity contribution in [2.75, 3.05) is 13.2 Å². The average Bonchev–Trinajstić information content (AvgIpc) is 3.02. The van der Waals surface area contributed by atoms with E-state index in [1.807, 2.05) is 6.92 Å². The van der Waals surface area contributed by atoms with Crippen LogP contribution in [0.15, 0.2) is 11.6 Å². The van der Waals surface area contributed by atoms with E-state index in [4.69, 9.17) is 9.47 Å². The molecule has 5 aliphatic carbocycles. The molecular formula is C35H56O12. The molecule has 12 heteroatoms. The van der Waals surface area contributed by atoms with Crippen molar-refractivity contribution in [3.63, 3.8) is 0 Å². The van der Waals surface area contributed by atoms with E-state index >= 15 is 0 Å². The molecule has 1 heterocycles. The Morgan fingerprint density at radius 3 is 2.23 bits per heavy atom. The fourth-order valence-corrected chi connectivity index (χ4v) is 12.0. The Bertz CT molecular complexity index is 1270. The summed E-state index contributed by atoms with van der Waals surface area (Å²) in [4.78, 5) is 14.4. The highest BCUT2D eigenvalue weighted by molar-refractivity contribution is 5.79. The van der Waals surface area contributed by atoms with Crippen LogP contribution in [0.5, 0.6) is 0 Å². The molecule has 47 heavy (non-hydrogen) atoms. The van der Waals surface area contributed by atoms with Gasteiger partial charge in [-0.1, -0.05) is 39.3 Å². The number of carbonyl (C=O) groups is 1. The summed E-state index contributed by atoms with van der Waals surface area (Å²) >= 11 is 0. The van der Waals surface area contributed by atoms with Crippen LogP contribution in [0.4, 0.5) is 0 Å². The zero-order chi connectivity index (χ0) is 34.7. The van der Waals surface area contributed by atoms with Crippen LogP contribution in [0, 0.1) is 45.3 Å². The predicted molar refractivity (Wildman–Crippen MR) is 166 cm³/mol. The molecule has 0 aromatic heterocycles. The lowest BCUT2D eigenvalue weighted by Crippen LogP contribution is -2.72. The fourth-order valence-electron chi connectivity index (χ4n) is 12.0. The number of rotatable bonds is 4. The van der Waals surface area contributed by atoms with E-state index in [0.717, 1.165) is 5.57 Å². The topological polar surface area (TPSA) is 218 Å². The molecule has 9 N–H and O–H groups in total. The number of aliphatic hydroxyl groups is 9. The Balaban J connectivity index is 1.40. The maximum atomic E-state index is 14.4. The summed E-state index contributed by atoms with van der Waals surface area (Å²) in [6.07, 6.45) is -4.47. The van der Waals surface area contributed by atoms with E-state index in [1.54, 1.807) is 6.92 Å². The molecule has 268 valence electrons. The average molecular weight is 669 g/mol. The third-order valence-electron chi connectivity index (χ3n) is 15.2. The first-order valence-corrected chi connectivity index (χ1v) is 17.4. The van der Waals surface area contributed by atoms with Gasteiger partial charge in [0, 0.05) is 5.92 Å². The third-order valence-corrected chi connectivity index (χ3v) is 15.2. The van der Waals surface area contributed by atoms with E-state index in [-0.39, 0.29) is 23.7 Å². The molecule has 0 bridgehead atoms. The third kappa shape index (κ3) is 4.59. The zero-order valence-corrected chi connectivity index (χ0v) is 28.2. The van der Waals surface area contributed by atoms with Gasteiger partial charge in [0.15, 0.2) is 0 Å². The molecule has 5 fully saturated rings. The van der Waals surface area contributed by atoms with Gasteiger partial charge < -0.3 is 55.4 Å². The molecule has 0 aromatic rings. The van der Waals surface area contributed by atoms with E-state index < -0.39 is 101 Å². The van der Waals surface area contributed by atoms with Gasteiger partial charge in [0.1, 0.15) is 36.1 Å². The van der Waals surface area contributed by atoms with E-state index in [1.165, 1.54) is 0 Å². The largest absolute Gasteiger partial charge is 0.432 e. The van der Waals surface area contributed by atoms with Crippen molar-refractivity contribution in [3.05, 3.63) is 11.6 Å². The summed E-state index contributed by atoms with van der Waals surface area (Å²) in [5, 5.41) is 97.0. The second-order valence-corrected chi connectivity index (χ2v) is 17.0. The lowest BCUT2D eigenvalue weighted by molar-refractivity contribution is -0.299. The van der Waals surface area contributed by atoms with Crippen molar-refractivity contribution in [3.8, 4) is 0 Å². The number of ether oxygens (including phenoxy) is 2. The van der Waals surface area contributed by atoms with E-state index in [2.05, 4.69) is 26.8 Å². The quantitative estimate of drug-likeness (QED) is 0.144. The van der Waals surface area contributed by atoms with Crippen LogP contribution in [0.2, 0.25) is 0 Å². The van der Waals surface area contributed by atoms with Gasteiger partial charge in [-0.2, -0.15) is 0 Å². The van der Waals surface area contributed by atoms with Crippen molar-refractivity contribution >= 4 is 5.97 Å². The monoisotopic (exact) mass is 668 g/mol. The molecule has 0 spiro atoms. The van der Waals surface area contributed by atoms with Crippen molar-refractivity contribution in [1.82, 2.24) is 0 Å². The summed E-state index contributed by atoms with van der Waals surface area (Å²) in [5.74, 6) is -1.95. The smallest absolute Gasteiger partial charge is 0.315 e. The number of carbonyl (C=O) groups excluding carboxylic acids is 1. The number of esters is 1. The molecule has 12 nitrogen and oxygen atoms in total. The predicted octanol–water partition coefficient (Wildman–Crippen LogP) is 0.131. The lowest BCUT2D eigenvalue weighted by Gasteiger charge is -2.71. The Kier molecular flexibility index (Phi) is 8.65.